The predicted molar refractivity (Wildman–Crippen MR) is 99.0 cm³/mol. The van der Waals surface area contributed by atoms with Crippen LogP contribution in [0.25, 0.3) is 0 Å². The molecule has 0 aliphatic heterocycles. The van der Waals surface area contributed by atoms with Crippen molar-refractivity contribution in [3.05, 3.63) is 0 Å². The van der Waals surface area contributed by atoms with Crippen molar-refractivity contribution in [2.75, 3.05) is 39.7 Å². The van der Waals surface area contributed by atoms with Gasteiger partial charge in [0.25, 0.3) is 0 Å². The maximum Gasteiger partial charge on any atom is 0.210 e. The molecule has 0 bridgehead atoms. The van der Waals surface area contributed by atoms with Crippen molar-refractivity contribution < 1.29 is 25.0 Å². The molecular formula is C17H38NO5P. The molecule has 0 aromatic carbocycles. The summed E-state index contributed by atoms with van der Waals surface area (Å²) in [6.07, 6.45) is 1.24. The van der Waals surface area contributed by atoms with Gasteiger partial charge in [-0.2, -0.15) is 0 Å². The minimum Gasteiger partial charge on any atom is -0.396 e. The largest absolute Gasteiger partial charge is 0.396 e. The van der Waals surface area contributed by atoms with Crippen molar-refractivity contribution in [3.63, 3.8) is 0 Å². The molecule has 0 rings (SSSR count). The van der Waals surface area contributed by atoms with Crippen LogP contribution in [0.3, 0.4) is 0 Å². The summed E-state index contributed by atoms with van der Waals surface area (Å²) in [6, 6.07) is 0.754. The van der Waals surface area contributed by atoms with E-state index >= 15 is 0 Å². The number of aliphatic hydroxyl groups excluding tert-OH is 4. The molecule has 0 radical (unpaired) electrons. The van der Waals surface area contributed by atoms with Crippen LogP contribution in [-0.4, -0.2) is 82.6 Å². The Morgan fingerprint density at radius 1 is 0.833 bits per heavy atom. The average Bonchev–Trinajstić information content (AvgIpc) is 2.59. The SMILES string of the molecule is [2H]OCC(CO[2H])CC(CO[2H])CC(CO[2H])COP(C)N(C(C)C)C(C)C. The van der Waals surface area contributed by atoms with Crippen molar-refractivity contribution in [1.82, 2.24) is 4.67 Å². The van der Waals surface area contributed by atoms with E-state index in [1.165, 1.54) is 0 Å². The molecule has 0 fully saturated rings. The summed E-state index contributed by atoms with van der Waals surface area (Å²) < 4.78 is 36.6. The van der Waals surface area contributed by atoms with Crippen LogP contribution in [0, 0.1) is 17.8 Å². The first-order valence-corrected chi connectivity index (χ1v) is 10.4. The number of aliphatic hydroxyl groups is 4. The van der Waals surface area contributed by atoms with Gasteiger partial charge in [0.15, 0.2) is 0 Å². The van der Waals surface area contributed by atoms with Gasteiger partial charge in [0, 0.05) is 50.3 Å². The highest BCUT2D eigenvalue weighted by Crippen LogP contribution is 2.41. The first kappa shape index (κ1) is 17.6. The molecule has 0 aliphatic carbocycles. The summed E-state index contributed by atoms with van der Waals surface area (Å²) >= 11 is 0. The highest BCUT2D eigenvalue weighted by Gasteiger charge is 2.24. The van der Waals surface area contributed by atoms with E-state index in [4.69, 9.17) is 10.2 Å². The number of hydrogen-bond acceptors (Lipinski definition) is 6. The molecule has 3 unspecified atom stereocenters. The Labute approximate surface area is 154 Å². The molecule has 0 heterocycles. The molecule has 0 aromatic heterocycles. The van der Waals surface area contributed by atoms with E-state index in [1.807, 2.05) is 0 Å². The van der Waals surface area contributed by atoms with Crippen molar-refractivity contribution >= 4 is 8.30 Å². The Morgan fingerprint density at radius 2 is 1.29 bits per heavy atom. The lowest BCUT2D eigenvalue weighted by Gasteiger charge is -2.36. The molecule has 4 N–H and O–H groups in total. The summed E-state index contributed by atoms with van der Waals surface area (Å²) in [5, 5.41) is 18.2. The summed E-state index contributed by atoms with van der Waals surface area (Å²) in [7, 11) is -0.769. The van der Waals surface area contributed by atoms with Crippen LogP contribution in [0.4, 0.5) is 0 Å². The summed E-state index contributed by atoms with van der Waals surface area (Å²) in [4.78, 5) is 0. The summed E-state index contributed by atoms with van der Waals surface area (Å²) in [5.41, 5.74) is 0. The van der Waals surface area contributed by atoms with E-state index in [-0.39, 0.29) is 44.2 Å². The highest BCUT2D eigenvalue weighted by atomic mass is 31.2. The van der Waals surface area contributed by atoms with E-state index in [1.54, 1.807) is 0 Å². The lowest BCUT2D eigenvalue weighted by molar-refractivity contribution is 0.0845. The van der Waals surface area contributed by atoms with Gasteiger partial charge in [-0.05, 0) is 53.1 Å². The Kier molecular flexibility index (Phi) is 9.83. The number of rotatable bonds is 18. The zero-order chi connectivity index (χ0) is 21.5. The number of nitrogens with zero attached hydrogens (tertiary/aromatic N) is 1. The van der Waals surface area contributed by atoms with Crippen molar-refractivity contribution in [3.8, 4) is 0 Å². The Morgan fingerprint density at radius 3 is 1.79 bits per heavy atom. The van der Waals surface area contributed by atoms with Crippen molar-refractivity contribution in [1.29, 1.82) is 5.72 Å². The van der Waals surface area contributed by atoms with Crippen molar-refractivity contribution in [2.45, 2.75) is 52.6 Å². The highest BCUT2D eigenvalue weighted by molar-refractivity contribution is 7.49. The van der Waals surface area contributed by atoms with E-state index in [9.17, 15) is 0 Å². The van der Waals surface area contributed by atoms with Gasteiger partial charge in [0.2, 0.25) is 5.72 Å². The molecule has 6 nitrogen and oxygen atoms in total. The minimum absolute atomic E-state index is 0.00839. The third kappa shape index (κ3) is 9.04. The second-order valence-electron chi connectivity index (χ2n) is 7.06. The molecule has 0 amide bonds. The maximum atomic E-state index is 7.14. The Bertz CT molecular complexity index is 360. The van der Waals surface area contributed by atoms with E-state index < -0.39 is 8.30 Å². The van der Waals surface area contributed by atoms with Gasteiger partial charge in [-0.3, -0.25) is 4.67 Å². The maximum absolute atomic E-state index is 7.14. The quantitative estimate of drug-likeness (QED) is 0.274. The first-order valence-electron chi connectivity index (χ1n) is 10.4. The fourth-order valence-electron chi connectivity index (χ4n) is 3.07. The third-order valence-electron chi connectivity index (χ3n) is 4.16. The van der Waals surface area contributed by atoms with E-state index in [2.05, 4.69) is 59.5 Å². The van der Waals surface area contributed by atoms with Crippen molar-refractivity contribution in [2.24, 2.45) is 17.8 Å². The van der Waals surface area contributed by atoms with E-state index in [0.29, 0.717) is 31.5 Å². The van der Waals surface area contributed by atoms with Gasteiger partial charge in [-0.1, -0.05) is 0 Å². The zero-order valence-electron chi connectivity index (χ0n) is 19.8. The Hall–Kier alpha value is 0.190. The first-order chi connectivity index (χ1) is 13.3. The second kappa shape index (κ2) is 13.4. The van der Waals surface area contributed by atoms with Gasteiger partial charge in [0.1, 0.15) is 8.30 Å². The molecule has 7 heteroatoms. The lowest BCUT2D eigenvalue weighted by atomic mass is 9.88. The van der Waals surface area contributed by atoms with Crippen LogP contribution < -0.4 is 0 Å². The second-order valence-corrected chi connectivity index (χ2v) is 8.71. The summed E-state index contributed by atoms with van der Waals surface area (Å²) in [6.45, 7) is 11.9. The van der Waals surface area contributed by atoms with Crippen LogP contribution in [0.2, 0.25) is 0 Å². The molecule has 0 aromatic rings. The Balaban J connectivity index is 4.87. The van der Waals surface area contributed by atoms with Gasteiger partial charge in [-0.25, -0.2) is 0 Å². The topological polar surface area (TPSA) is 93.4 Å². The van der Waals surface area contributed by atoms with Crippen LogP contribution in [0.5, 0.6) is 0 Å². The fourth-order valence-corrected chi connectivity index (χ4v) is 4.93. The molecule has 0 aliphatic rings. The van der Waals surface area contributed by atoms with Crippen LogP contribution in [0.1, 0.15) is 40.5 Å². The lowest BCUT2D eigenvalue weighted by Crippen LogP contribution is -2.33. The molecule has 146 valence electrons. The predicted octanol–water partition coefficient (Wildman–Crippen LogP) is 1.66. The minimum atomic E-state index is -0.769. The smallest absolute Gasteiger partial charge is 0.210 e. The molecule has 0 saturated carbocycles. The number of hydrogen-bond donors (Lipinski definition) is 4. The van der Waals surface area contributed by atoms with Gasteiger partial charge in [0.05, 0.1) is 6.61 Å². The molecule has 0 saturated heterocycles. The fraction of sp³-hybridized carbons (Fsp3) is 1.00. The van der Waals surface area contributed by atoms with Gasteiger partial charge in [-0.15, -0.1) is 0 Å². The summed E-state index contributed by atoms with van der Waals surface area (Å²) in [5.74, 6) is -0.154. The molecular weight excluding hydrogens is 329 g/mol. The van der Waals surface area contributed by atoms with Crippen LogP contribution in [0.15, 0.2) is 0 Å². The van der Waals surface area contributed by atoms with E-state index in [0.717, 1.165) is 0 Å². The van der Waals surface area contributed by atoms with Gasteiger partial charge >= 0.3 is 0 Å². The zero-order valence-corrected chi connectivity index (χ0v) is 16.7. The average molecular weight is 371 g/mol. The molecule has 24 heavy (non-hydrogen) atoms. The van der Waals surface area contributed by atoms with Crippen LogP contribution in [-0.2, 0) is 4.52 Å². The van der Waals surface area contributed by atoms with Gasteiger partial charge < -0.3 is 25.0 Å². The molecule has 0 spiro atoms. The molecule has 3 atom stereocenters. The third-order valence-corrected chi connectivity index (χ3v) is 6.25. The standard InChI is InChI=1S/C17H38NO5P/c1-13(2)18(14(3)4)24(5)23-12-17(11-22)7-15(8-19)6-16(9-20)10-21/h13-17,19-22H,6-12H2,1-5H3/i19D,20D,21D,22D. The normalized spacial score (nSPS) is 18.5. The van der Waals surface area contributed by atoms with Crippen LogP contribution >= 0.6 is 8.30 Å². The monoisotopic (exact) mass is 371 g/mol.